The minimum absolute atomic E-state index is 0.0703. The number of methoxy groups -OCH3 is 1. The summed E-state index contributed by atoms with van der Waals surface area (Å²) in [4.78, 5) is 30.4. The molecule has 8 nitrogen and oxygen atoms in total. The average molecular weight is 294 g/mol. The molecule has 0 aliphatic carbocycles. The second-order valence-corrected chi connectivity index (χ2v) is 5.08. The van der Waals surface area contributed by atoms with Gasteiger partial charge in [0.1, 0.15) is 17.6 Å². The summed E-state index contributed by atoms with van der Waals surface area (Å²) in [6, 6.07) is 1.78. The summed E-state index contributed by atoms with van der Waals surface area (Å²) in [7, 11) is 3.25. The third kappa shape index (κ3) is 3.10. The van der Waals surface area contributed by atoms with E-state index in [9.17, 15) is 14.9 Å². The molecule has 114 valence electrons. The molecule has 1 aromatic rings. The fourth-order valence-electron chi connectivity index (χ4n) is 2.29. The third-order valence-corrected chi connectivity index (χ3v) is 3.75. The van der Waals surface area contributed by atoms with Crippen molar-refractivity contribution < 1.29 is 14.5 Å². The summed E-state index contributed by atoms with van der Waals surface area (Å²) in [5.41, 5.74) is -0.410. The summed E-state index contributed by atoms with van der Waals surface area (Å²) < 4.78 is 4.61. The van der Waals surface area contributed by atoms with Crippen molar-refractivity contribution >= 4 is 17.5 Å². The molecule has 0 N–H and O–H groups in total. The largest absolute Gasteiger partial charge is 0.465 e. The molecule has 1 unspecified atom stereocenters. The maximum Gasteiger partial charge on any atom is 0.345 e. The van der Waals surface area contributed by atoms with Crippen LogP contribution in [0.4, 0.5) is 11.5 Å². The molecule has 0 radical (unpaired) electrons. The zero-order chi connectivity index (χ0) is 15.6. The van der Waals surface area contributed by atoms with Crippen LogP contribution in [0, 0.1) is 10.1 Å². The first-order valence-electron chi connectivity index (χ1n) is 6.62. The van der Waals surface area contributed by atoms with Gasteiger partial charge in [-0.25, -0.2) is 9.78 Å². The van der Waals surface area contributed by atoms with E-state index >= 15 is 0 Å². The van der Waals surface area contributed by atoms with Crippen molar-refractivity contribution in [1.29, 1.82) is 0 Å². The molecule has 0 saturated carbocycles. The lowest BCUT2D eigenvalue weighted by Crippen LogP contribution is -2.50. The zero-order valence-electron chi connectivity index (χ0n) is 12.3. The maximum absolute atomic E-state index is 11.7. The molecule has 2 heterocycles. The van der Waals surface area contributed by atoms with E-state index < -0.39 is 10.9 Å². The van der Waals surface area contributed by atoms with E-state index in [2.05, 4.69) is 21.5 Å². The van der Waals surface area contributed by atoms with Crippen molar-refractivity contribution in [1.82, 2.24) is 9.88 Å². The predicted octanol–water partition coefficient (Wildman–Crippen LogP) is 0.917. The van der Waals surface area contributed by atoms with Gasteiger partial charge in [0.25, 0.3) is 0 Å². The Labute approximate surface area is 122 Å². The fourth-order valence-corrected chi connectivity index (χ4v) is 2.29. The van der Waals surface area contributed by atoms with Crippen LogP contribution in [0.5, 0.6) is 0 Å². The van der Waals surface area contributed by atoms with E-state index in [0.717, 1.165) is 25.8 Å². The number of ether oxygens (including phenoxy) is 1. The Morgan fingerprint density at radius 3 is 2.81 bits per heavy atom. The Bertz CT molecular complexity index is 563. The van der Waals surface area contributed by atoms with Crippen molar-refractivity contribution in [3.8, 4) is 0 Å². The van der Waals surface area contributed by atoms with Crippen LogP contribution in [0.1, 0.15) is 17.3 Å². The predicted molar refractivity (Wildman–Crippen MR) is 76.5 cm³/mol. The topological polar surface area (TPSA) is 88.8 Å². The van der Waals surface area contributed by atoms with Gasteiger partial charge in [-0.2, -0.15) is 0 Å². The number of carbonyl (C=O) groups excluding carboxylic acids is 1. The second-order valence-electron chi connectivity index (χ2n) is 5.08. The fraction of sp³-hybridized carbons (Fsp3) is 0.538. The summed E-state index contributed by atoms with van der Waals surface area (Å²) in [6.07, 6.45) is 1.12. The monoisotopic (exact) mass is 294 g/mol. The lowest BCUT2D eigenvalue weighted by Gasteiger charge is -2.38. The molecule has 8 heteroatoms. The van der Waals surface area contributed by atoms with Crippen molar-refractivity contribution in [2.45, 2.75) is 13.0 Å². The quantitative estimate of drug-likeness (QED) is 0.465. The molecule has 1 aromatic heterocycles. The molecule has 21 heavy (non-hydrogen) atoms. The Morgan fingerprint density at radius 2 is 2.24 bits per heavy atom. The molecule has 0 amide bonds. The smallest absolute Gasteiger partial charge is 0.345 e. The number of anilines is 1. The molecule has 2 rings (SSSR count). The Balaban J connectivity index is 2.33. The van der Waals surface area contributed by atoms with Gasteiger partial charge in [0.05, 0.1) is 12.0 Å². The zero-order valence-corrected chi connectivity index (χ0v) is 12.3. The van der Waals surface area contributed by atoms with Crippen molar-refractivity contribution in [3.63, 3.8) is 0 Å². The number of nitrogens with zero attached hydrogens (tertiary/aromatic N) is 4. The van der Waals surface area contributed by atoms with E-state index in [-0.39, 0.29) is 11.3 Å². The second kappa shape index (κ2) is 6.04. The minimum atomic E-state index is -0.729. The van der Waals surface area contributed by atoms with Crippen molar-refractivity contribution in [2.24, 2.45) is 0 Å². The van der Waals surface area contributed by atoms with Gasteiger partial charge in [0, 0.05) is 31.7 Å². The van der Waals surface area contributed by atoms with Crippen molar-refractivity contribution in [2.75, 3.05) is 38.7 Å². The lowest BCUT2D eigenvalue weighted by molar-refractivity contribution is -0.385. The van der Waals surface area contributed by atoms with Gasteiger partial charge in [-0.1, -0.05) is 0 Å². The van der Waals surface area contributed by atoms with Crippen LogP contribution in [0.3, 0.4) is 0 Å². The van der Waals surface area contributed by atoms with E-state index in [1.165, 1.54) is 13.2 Å². The summed E-state index contributed by atoms with van der Waals surface area (Å²) >= 11 is 0. The highest BCUT2D eigenvalue weighted by Gasteiger charge is 2.26. The molecule has 0 aromatic carbocycles. The van der Waals surface area contributed by atoms with Crippen LogP contribution >= 0.6 is 0 Å². The first-order chi connectivity index (χ1) is 9.93. The molecule has 1 aliphatic rings. The number of hydrogen-bond donors (Lipinski definition) is 0. The van der Waals surface area contributed by atoms with Crippen LogP contribution in [-0.2, 0) is 4.74 Å². The first kappa shape index (κ1) is 15.2. The molecular formula is C13H18N4O4. The highest BCUT2D eigenvalue weighted by molar-refractivity contribution is 5.94. The van der Waals surface area contributed by atoms with Gasteiger partial charge in [0.2, 0.25) is 0 Å². The molecule has 0 spiro atoms. The first-order valence-corrected chi connectivity index (χ1v) is 6.62. The van der Waals surface area contributed by atoms with Crippen LogP contribution in [0.2, 0.25) is 0 Å². The number of pyridine rings is 1. The number of esters is 1. The Morgan fingerprint density at radius 1 is 1.52 bits per heavy atom. The molecule has 1 atom stereocenters. The highest BCUT2D eigenvalue weighted by atomic mass is 16.6. The number of carbonyl (C=O) groups is 1. The highest BCUT2D eigenvalue weighted by Crippen LogP contribution is 2.24. The van der Waals surface area contributed by atoms with Gasteiger partial charge >= 0.3 is 11.7 Å². The van der Waals surface area contributed by atoms with Crippen LogP contribution < -0.4 is 4.90 Å². The van der Waals surface area contributed by atoms with Crippen LogP contribution in [0.15, 0.2) is 12.3 Å². The summed E-state index contributed by atoms with van der Waals surface area (Å²) in [6.45, 7) is 4.47. The van der Waals surface area contributed by atoms with Crippen LogP contribution in [-0.4, -0.2) is 60.6 Å². The van der Waals surface area contributed by atoms with Gasteiger partial charge in [-0.05, 0) is 14.0 Å². The van der Waals surface area contributed by atoms with Gasteiger partial charge in [-0.3, -0.25) is 10.1 Å². The molecule has 1 saturated heterocycles. The van der Waals surface area contributed by atoms with Crippen LogP contribution in [0.25, 0.3) is 0 Å². The SMILES string of the molecule is COC(=O)c1cc(N2CCN(C)C(C)C2)ncc1[N+](=O)[O-]. The standard InChI is InChI=1S/C13H18N4O4/c1-9-8-16(5-4-15(9)2)12-6-10(13(18)21-3)11(7-14-12)17(19)20/h6-7,9H,4-5,8H2,1-3H3. The van der Waals surface area contributed by atoms with Gasteiger partial charge < -0.3 is 14.5 Å². The number of aromatic nitrogens is 1. The normalized spacial score (nSPS) is 19.4. The molecule has 1 fully saturated rings. The van der Waals surface area contributed by atoms with Gasteiger partial charge in [0.15, 0.2) is 0 Å². The van der Waals surface area contributed by atoms with Gasteiger partial charge in [-0.15, -0.1) is 0 Å². The number of rotatable bonds is 3. The van der Waals surface area contributed by atoms with E-state index in [1.54, 1.807) is 0 Å². The van der Waals surface area contributed by atoms with Crippen molar-refractivity contribution in [3.05, 3.63) is 27.9 Å². The third-order valence-electron chi connectivity index (χ3n) is 3.75. The molecular weight excluding hydrogens is 276 g/mol. The lowest BCUT2D eigenvalue weighted by atomic mass is 10.1. The van der Waals surface area contributed by atoms with E-state index in [4.69, 9.17) is 0 Å². The van der Waals surface area contributed by atoms with E-state index in [0.29, 0.717) is 11.9 Å². The Kier molecular flexibility index (Phi) is 4.37. The number of likely N-dealkylation sites (N-methyl/N-ethyl adjacent to an activating group) is 1. The molecule has 0 bridgehead atoms. The average Bonchev–Trinajstić information content (AvgIpc) is 2.48. The Hall–Kier alpha value is -2.22. The summed E-state index contributed by atoms with van der Waals surface area (Å²) in [5.74, 6) is -0.173. The number of piperazine rings is 1. The molecule has 1 aliphatic heterocycles. The summed E-state index contributed by atoms with van der Waals surface area (Å²) in [5, 5.41) is 11.0. The maximum atomic E-state index is 11.7. The van der Waals surface area contributed by atoms with E-state index in [1.807, 2.05) is 11.9 Å². The minimum Gasteiger partial charge on any atom is -0.465 e. The number of nitro groups is 1. The number of hydrogen-bond acceptors (Lipinski definition) is 7.